The van der Waals surface area contributed by atoms with E-state index >= 15 is 0 Å². The maximum absolute atomic E-state index is 9.05. The number of nitrogens with zero attached hydrogens (tertiary/aromatic N) is 3. The summed E-state index contributed by atoms with van der Waals surface area (Å²) in [5.74, 6) is 0.593. The van der Waals surface area contributed by atoms with Crippen LogP contribution in [0.15, 0.2) is 18.2 Å². The molecule has 0 fully saturated rings. The lowest BCUT2D eigenvalue weighted by molar-refractivity contribution is 0.165. The van der Waals surface area contributed by atoms with Crippen LogP contribution in [0.3, 0.4) is 0 Å². The van der Waals surface area contributed by atoms with Crippen molar-refractivity contribution in [3.63, 3.8) is 0 Å². The second-order valence-corrected chi connectivity index (χ2v) is 4.14. The molecular formula is C13H13N3O. The van der Waals surface area contributed by atoms with Crippen molar-refractivity contribution in [2.45, 2.75) is 25.5 Å². The van der Waals surface area contributed by atoms with Crippen LogP contribution in [0, 0.1) is 22.7 Å². The molecule has 1 heterocycles. The third kappa shape index (κ3) is 1.79. The Labute approximate surface area is 101 Å². The van der Waals surface area contributed by atoms with Crippen molar-refractivity contribution >= 4 is 5.69 Å². The lowest BCUT2D eigenvalue weighted by Crippen LogP contribution is -2.46. The second kappa shape index (κ2) is 4.35. The maximum atomic E-state index is 9.05. The van der Waals surface area contributed by atoms with Gasteiger partial charge in [0.15, 0.2) is 5.75 Å². The van der Waals surface area contributed by atoms with E-state index in [1.165, 1.54) is 0 Å². The number of hydrogen-bond acceptors (Lipinski definition) is 4. The van der Waals surface area contributed by atoms with Crippen LogP contribution in [0.2, 0.25) is 0 Å². The van der Waals surface area contributed by atoms with Crippen LogP contribution >= 0.6 is 0 Å². The summed E-state index contributed by atoms with van der Waals surface area (Å²) in [7, 11) is 1.96. The minimum atomic E-state index is -0.188. The minimum absolute atomic E-state index is 0.121. The summed E-state index contributed by atoms with van der Waals surface area (Å²) in [5, 5.41) is 17.8. The standard InChI is InChI=1S/C13H13N3O/c1-9-12(6-7-14)17-13-10(8-15)4-3-5-11(13)16(9)2/h3-5,9,12H,6H2,1-2H3. The fourth-order valence-electron chi connectivity index (χ4n) is 2.04. The molecule has 86 valence electrons. The van der Waals surface area contributed by atoms with Crippen LogP contribution in [0.1, 0.15) is 18.9 Å². The van der Waals surface area contributed by atoms with Gasteiger partial charge in [0.1, 0.15) is 12.2 Å². The molecule has 1 aliphatic rings. The molecule has 1 aromatic carbocycles. The van der Waals surface area contributed by atoms with Gasteiger partial charge in [-0.1, -0.05) is 6.07 Å². The molecule has 4 nitrogen and oxygen atoms in total. The average molecular weight is 227 g/mol. The van der Waals surface area contributed by atoms with Crippen molar-refractivity contribution in [3.05, 3.63) is 23.8 Å². The van der Waals surface area contributed by atoms with Crippen LogP contribution in [-0.2, 0) is 0 Å². The van der Waals surface area contributed by atoms with Gasteiger partial charge < -0.3 is 9.64 Å². The molecule has 2 atom stereocenters. The highest BCUT2D eigenvalue weighted by Crippen LogP contribution is 2.38. The Morgan fingerprint density at radius 3 is 2.82 bits per heavy atom. The summed E-state index contributed by atoms with van der Waals surface area (Å²) >= 11 is 0. The van der Waals surface area contributed by atoms with Crippen molar-refractivity contribution in [1.82, 2.24) is 0 Å². The van der Waals surface area contributed by atoms with Crippen LogP contribution in [0.4, 0.5) is 5.69 Å². The lowest BCUT2D eigenvalue weighted by atomic mass is 10.0. The van der Waals surface area contributed by atoms with Gasteiger partial charge in [-0.15, -0.1) is 0 Å². The van der Waals surface area contributed by atoms with E-state index in [4.69, 9.17) is 15.3 Å². The molecule has 0 spiro atoms. The van der Waals surface area contributed by atoms with E-state index in [0.29, 0.717) is 17.7 Å². The Hall–Kier alpha value is -2.20. The molecule has 0 aromatic heterocycles. The number of ether oxygens (including phenoxy) is 1. The third-order valence-electron chi connectivity index (χ3n) is 3.21. The number of fused-ring (bicyclic) bond motifs is 1. The first-order chi connectivity index (χ1) is 8.19. The summed E-state index contributed by atoms with van der Waals surface area (Å²) in [5.41, 5.74) is 1.43. The number of anilines is 1. The first kappa shape index (κ1) is 11.3. The van der Waals surface area contributed by atoms with Crippen molar-refractivity contribution in [1.29, 1.82) is 10.5 Å². The molecule has 4 heteroatoms. The van der Waals surface area contributed by atoms with Crippen LogP contribution in [0.5, 0.6) is 5.75 Å². The Morgan fingerprint density at radius 2 is 2.18 bits per heavy atom. The zero-order valence-electron chi connectivity index (χ0n) is 9.84. The zero-order valence-corrected chi connectivity index (χ0v) is 9.84. The van der Waals surface area contributed by atoms with Crippen molar-refractivity contribution < 1.29 is 4.74 Å². The van der Waals surface area contributed by atoms with Gasteiger partial charge in [-0.05, 0) is 19.1 Å². The van der Waals surface area contributed by atoms with Gasteiger partial charge in [0.25, 0.3) is 0 Å². The van der Waals surface area contributed by atoms with E-state index < -0.39 is 0 Å². The highest BCUT2D eigenvalue weighted by atomic mass is 16.5. The maximum Gasteiger partial charge on any atom is 0.160 e. The number of likely N-dealkylation sites (N-methyl/N-ethyl adjacent to an activating group) is 1. The summed E-state index contributed by atoms with van der Waals surface area (Å²) in [4.78, 5) is 2.06. The number of para-hydroxylation sites is 1. The molecule has 0 saturated carbocycles. The van der Waals surface area contributed by atoms with Gasteiger partial charge >= 0.3 is 0 Å². The molecule has 0 N–H and O–H groups in total. The van der Waals surface area contributed by atoms with Crippen molar-refractivity contribution in [2.24, 2.45) is 0 Å². The van der Waals surface area contributed by atoms with E-state index in [9.17, 15) is 0 Å². The zero-order chi connectivity index (χ0) is 12.4. The summed E-state index contributed by atoms with van der Waals surface area (Å²) in [6.07, 6.45) is 0.136. The molecule has 0 aliphatic carbocycles. The van der Waals surface area contributed by atoms with Crippen LogP contribution in [-0.4, -0.2) is 19.2 Å². The van der Waals surface area contributed by atoms with E-state index in [0.717, 1.165) is 5.69 Å². The SMILES string of the molecule is CC1C(CC#N)Oc2c(C#N)cccc2N1C. The second-order valence-electron chi connectivity index (χ2n) is 4.14. The fourth-order valence-corrected chi connectivity index (χ4v) is 2.04. The first-order valence-electron chi connectivity index (χ1n) is 5.48. The Bertz CT molecular complexity index is 512. The fraction of sp³-hybridized carbons (Fsp3) is 0.385. The topological polar surface area (TPSA) is 60.0 Å². The van der Waals surface area contributed by atoms with E-state index in [-0.39, 0.29) is 12.1 Å². The van der Waals surface area contributed by atoms with Crippen molar-refractivity contribution in [3.8, 4) is 17.9 Å². The molecule has 17 heavy (non-hydrogen) atoms. The monoisotopic (exact) mass is 227 g/mol. The molecule has 0 bridgehead atoms. The Kier molecular flexibility index (Phi) is 2.89. The Balaban J connectivity index is 2.47. The predicted molar refractivity (Wildman–Crippen MR) is 63.7 cm³/mol. The normalized spacial score (nSPS) is 22.0. The van der Waals surface area contributed by atoms with Gasteiger partial charge in [-0.2, -0.15) is 10.5 Å². The van der Waals surface area contributed by atoms with Gasteiger partial charge in [0.2, 0.25) is 0 Å². The average Bonchev–Trinajstić information content (AvgIpc) is 2.35. The summed E-state index contributed by atoms with van der Waals surface area (Å²) in [6.45, 7) is 2.02. The number of hydrogen-bond donors (Lipinski definition) is 0. The smallest absolute Gasteiger partial charge is 0.160 e. The third-order valence-corrected chi connectivity index (χ3v) is 3.21. The molecule has 1 aromatic rings. The van der Waals surface area contributed by atoms with Gasteiger partial charge in [-0.25, -0.2) is 0 Å². The molecule has 0 saturated heterocycles. The number of benzene rings is 1. The first-order valence-corrected chi connectivity index (χ1v) is 5.48. The lowest BCUT2D eigenvalue weighted by Gasteiger charge is -2.39. The van der Waals surface area contributed by atoms with Crippen molar-refractivity contribution in [2.75, 3.05) is 11.9 Å². The number of rotatable bonds is 1. The highest BCUT2D eigenvalue weighted by Gasteiger charge is 2.31. The molecule has 1 aliphatic heterocycles. The molecule has 2 unspecified atom stereocenters. The quantitative estimate of drug-likeness (QED) is 0.736. The van der Waals surface area contributed by atoms with Crippen LogP contribution in [0.25, 0.3) is 0 Å². The van der Waals surface area contributed by atoms with E-state index in [1.807, 2.05) is 26.1 Å². The summed E-state index contributed by atoms with van der Waals surface area (Å²) in [6, 6.07) is 9.86. The van der Waals surface area contributed by atoms with Gasteiger partial charge in [0, 0.05) is 7.05 Å². The Morgan fingerprint density at radius 1 is 1.41 bits per heavy atom. The summed E-state index contributed by atoms with van der Waals surface area (Å²) < 4.78 is 5.79. The van der Waals surface area contributed by atoms with E-state index in [2.05, 4.69) is 17.0 Å². The highest BCUT2D eigenvalue weighted by molar-refractivity contribution is 5.66. The van der Waals surface area contributed by atoms with Gasteiger partial charge in [-0.3, -0.25) is 0 Å². The molecule has 2 rings (SSSR count). The van der Waals surface area contributed by atoms with Gasteiger partial charge in [0.05, 0.1) is 29.8 Å². The van der Waals surface area contributed by atoms with Crippen LogP contribution < -0.4 is 9.64 Å². The molecular weight excluding hydrogens is 214 g/mol. The molecule has 0 radical (unpaired) electrons. The van der Waals surface area contributed by atoms with E-state index in [1.54, 1.807) is 6.07 Å². The predicted octanol–water partition coefficient (Wildman–Crippen LogP) is 2.06. The largest absolute Gasteiger partial charge is 0.484 e. The molecule has 0 amide bonds. The minimum Gasteiger partial charge on any atom is -0.484 e. The number of nitriles is 2.